The van der Waals surface area contributed by atoms with Crippen molar-refractivity contribution < 1.29 is 4.39 Å². The number of pyridine rings is 1. The minimum atomic E-state index is -0.190. The minimum absolute atomic E-state index is 0.190. The average molecular weight is 260 g/mol. The predicted octanol–water partition coefficient (Wildman–Crippen LogP) is 4.00. The molecule has 1 heterocycles. The molecule has 0 N–H and O–H groups in total. The van der Waals surface area contributed by atoms with Gasteiger partial charge in [-0.1, -0.05) is 19.9 Å². The van der Waals surface area contributed by atoms with E-state index in [1.54, 1.807) is 24.4 Å². The first-order chi connectivity index (χ1) is 9.26. The smallest absolute Gasteiger partial charge is 0.132 e. The molecule has 0 radical (unpaired) electrons. The molecule has 0 atom stereocenters. The van der Waals surface area contributed by atoms with Crippen LogP contribution in [-0.2, 0) is 6.54 Å². The van der Waals surface area contributed by atoms with Crippen LogP contribution in [-0.4, -0.2) is 23.0 Å². The summed E-state index contributed by atoms with van der Waals surface area (Å²) in [5, 5.41) is 0.618. The van der Waals surface area contributed by atoms with Crippen LogP contribution in [0.1, 0.15) is 32.3 Å². The Morgan fingerprint density at radius 3 is 2.53 bits per heavy atom. The molecule has 2 nitrogen and oxygen atoms in total. The maximum atomic E-state index is 13.7. The minimum Gasteiger partial charge on any atom is -0.299 e. The molecular formula is C16H21FN2. The highest BCUT2D eigenvalue weighted by Gasteiger charge is 2.10. The molecule has 102 valence electrons. The van der Waals surface area contributed by atoms with Crippen LogP contribution in [0.4, 0.5) is 4.39 Å². The molecule has 1 aromatic heterocycles. The second-order valence-corrected chi connectivity index (χ2v) is 4.88. The Hall–Kier alpha value is -1.48. The number of aromatic nitrogens is 1. The lowest BCUT2D eigenvalue weighted by Gasteiger charge is -2.21. The molecule has 0 fully saturated rings. The van der Waals surface area contributed by atoms with E-state index in [0.29, 0.717) is 5.39 Å². The van der Waals surface area contributed by atoms with Gasteiger partial charge in [-0.3, -0.25) is 9.88 Å². The Labute approximate surface area is 114 Å². The Bertz CT molecular complexity index is 533. The van der Waals surface area contributed by atoms with E-state index in [2.05, 4.69) is 23.7 Å². The predicted molar refractivity (Wildman–Crippen MR) is 77.6 cm³/mol. The fraction of sp³-hybridized carbons (Fsp3) is 0.438. The number of benzene rings is 1. The molecule has 0 aliphatic carbocycles. The highest BCUT2D eigenvalue weighted by molar-refractivity contribution is 5.82. The maximum absolute atomic E-state index is 13.7. The van der Waals surface area contributed by atoms with Crippen molar-refractivity contribution in [2.45, 2.75) is 33.2 Å². The lowest BCUT2D eigenvalue weighted by atomic mass is 10.1. The molecule has 1 aromatic carbocycles. The van der Waals surface area contributed by atoms with Crippen molar-refractivity contribution >= 4 is 10.9 Å². The van der Waals surface area contributed by atoms with Gasteiger partial charge >= 0.3 is 0 Å². The van der Waals surface area contributed by atoms with Crippen LogP contribution in [0, 0.1) is 5.82 Å². The molecule has 0 aliphatic rings. The number of fused-ring (bicyclic) bond motifs is 1. The third-order valence-corrected chi connectivity index (χ3v) is 3.27. The van der Waals surface area contributed by atoms with Crippen molar-refractivity contribution in [2.24, 2.45) is 0 Å². The molecule has 0 saturated carbocycles. The molecule has 2 rings (SSSR count). The fourth-order valence-corrected chi connectivity index (χ4v) is 2.47. The second kappa shape index (κ2) is 6.62. The highest BCUT2D eigenvalue weighted by atomic mass is 19.1. The van der Waals surface area contributed by atoms with Crippen molar-refractivity contribution in [1.82, 2.24) is 9.88 Å². The summed E-state index contributed by atoms with van der Waals surface area (Å²) in [6.45, 7) is 7.35. The Balaban J connectivity index is 2.31. The number of nitrogens with zero attached hydrogens (tertiary/aromatic N) is 2. The number of hydrogen-bond acceptors (Lipinski definition) is 2. The topological polar surface area (TPSA) is 16.1 Å². The first kappa shape index (κ1) is 13.9. The van der Waals surface area contributed by atoms with Crippen molar-refractivity contribution in [3.8, 4) is 0 Å². The second-order valence-electron chi connectivity index (χ2n) is 4.88. The number of halogens is 1. The summed E-state index contributed by atoms with van der Waals surface area (Å²) in [4.78, 5) is 6.75. The van der Waals surface area contributed by atoms with E-state index >= 15 is 0 Å². The van der Waals surface area contributed by atoms with Gasteiger partial charge in [-0.25, -0.2) is 4.39 Å². The third-order valence-electron chi connectivity index (χ3n) is 3.27. The van der Waals surface area contributed by atoms with Crippen LogP contribution in [0.2, 0.25) is 0 Å². The van der Waals surface area contributed by atoms with Crippen LogP contribution >= 0.6 is 0 Å². The standard InChI is InChI=1S/C16H21FN2/c1-3-10-19(11-4-2)12-13-7-8-15(17)14-6-5-9-18-16(13)14/h5-9H,3-4,10-12H2,1-2H3. The molecule has 0 saturated heterocycles. The van der Waals surface area contributed by atoms with E-state index in [1.165, 1.54) is 0 Å². The Morgan fingerprint density at radius 1 is 1.11 bits per heavy atom. The van der Waals surface area contributed by atoms with Crippen molar-refractivity contribution in [3.63, 3.8) is 0 Å². The van der Waals surface area contributed by atoms with Gasteiger partial charge in [0.15, 0.2) is 0 Å². The zero-order valence-corrected chi connectivity index (χ0v) is 11.7. The lowest BCUT2D eigenvalue weighted by Crippen LogP contribution is -2.25. The van der Waals surface area contributed by atoms with E-state index in [1.807, 2.05) is 6.07 Å². The maximum Gasteiger partial charge on any atom is 0.132 e. The van der Waals surface area contributed by atoms with E-state index in [9.17, 15) is 4.39 Å². The molecule has 0 aliphatic heterocycles. The van der Waals surface area contributed by atoms with Gasteiger partial charge in [-0.15, -0.1) is 0 Å². The largest absolute Gasteiger partial charge is 0.299 e. The van der Waals surface area contributed by atoms with Crippen LogP contribution < -0.4 is 0 Å². The molecule has 0 bridgehead atoms. The summed E-state index contributed by atoms with van der Waals surface area (Å²) in [5.74, 6) is -0.190. The molecule has 19 heavy (non-hydrogen) atoms. The van der Waals surface area contributed by atoms with Gasteiger partial charge in [0.05, 0.1) is 5.52 Å². The van der Waals surface area contributed by atoms with E-state index in [4.69, 9.17) is 0 Å². The number of hydrogen-bond donors (Lipinski definition) is 0. The van der Waals surface area contributed by atoms with E-state index in [0.717, 1.165) is 43.6 Å². The summed E-state index contributed by atoms with van der Waals surface area (Å²) in [5.41, 5.74) is 1.90. The van der Waals surface area contributed by atoms with Crippen LogP contribution in [0.5, 0.6) is 0 Å². The molecular weight excluding hydrogens is 239 g/mol. The Morgan fingerprint density at radius 2 is 1.84 bits per heavy atom. The van der Waals surface area contributed by atoms with Gasteiger partial charge in [0.25, 0.3) is 0 Å². The molecule has 3 heteroatoms. The van der Waals surface area contributed by atoms with Gasteiger partial charge in [-0.05, 0) is 49.7 Å². The first-order valence-electron chi connectivity index (χ1n) is 7.00. The zero-order valence-electron chi connectivity index (χ0n) is 11.7. The van der Waals surface area contributed by atoms with Crippen molar-refractivity contribution in [1.29, 1.82) is 0 Å². The van der Waals surface area contributed by atoms with E-state index < -0.39 is 0 Å². The van der Waals surface area contributed by atoms with Crippen molar-refractivity contribution in [2.75, 3.05) is 13.1 Å². The van der Waals surface area contributed by atoms with Crippen LogP contribution in [0.25, 0.3) is 10.9 Å². The summed E-state index contributed by atoms with van der Waals surface area (Å²) < 4.78 is 13.7. The van der Waals surface area contributed by atoms with Gasteiger partial charge in [0.1, 0.15) is 5.82 Å². The van der Waals surface area contributed by atoms with Crippen molar-refractivity contribution in [3.05, 3.63) is 41.8 Å². The monoisotopic (exact) mass is 260 g/mol. The first-order valence-corrected chi connectivity index (χ1v) is 7.00. The van der Waals surface area contributed by atoms with Gasteiger partial charge in [0.2, 0.25) is 0 Å². The van der Waals surface area contributed by atoms with Crippen LogP contribution in [0.3, 0.4) is 0 Å². The molecule has 2 aromatic rings. The van der Waals surface area contributed by atoms with Gasteiger partial charge in [0, 0.05) is 18.1 Å². The van der Waals surface area contributed by atoms with Crippen LogP contribution in [0.15, 0.2) is 30.5 Å². The van der Waals surface area contributed by atoms with Gasteiger partial charge in [-0.2, -0.15) is 0 Å². The quantitative estimate of drug-likeness (QED) is 0.780. The SMILES string of the molecule is CCCN(CCC)Cc1ccc(F)c2cccnc12. The molecule has 0 spiro atoms. The van der Waals surface area contributed by atoms with Gasteiger partial charge < -0.3 is 0 Å². The average Bonchev–Trinajstić information content (AvgIpc) is 2.43. The molecule has 0 unspecified atom stereocenters. The van der Waals surface area contributed by atoms with E-state index in [-0.39, 0.29) is 5.82 Å². The summed E-state index contributed by atoms with van der Waals surface area (Å²) >= 11 is 0. The molecule has 0 amide bonds. The highest BCUT2D eigenvalue weighted by Crippen LogP contribution is 2.21. The summed E-state index contributed by atoms with van der Waals surface area (Å²) in [7, 11) is 0. The number of rotatable bonds is 6. The Kier molecular flexibility index (Phi) is 4.86. The normalized spacial score (nSPS) is 11.4. The third kappa shape index (κ3) is 3.29. The fourth-order valence-electron chi connectivity index (χ4n) is 2.47. The lowest BCUT2D eigenvalue weighted by molar-refractivity contribution is 0.267. The zero-order chi connectivity index (χ0) is 13.7. The summed E-state index contributed by atoms with van der Waals surface area (Å²) in [6, 6.07) is 6.99. The summed E-state index contributed by atoms with van der Waals surface area (Å²) in [6.07, 6.45) is 3.99.